The van der Waals surface area contributed by atoms with E-state index >= 15 is 0 Å². The summed E-state index contributed by atoms with van der Waals surface area (Å²) in [7, 11) is 0. The Labute approximate surface area is 120 Å². The van der Waals surface area contributed by atoms with Crippen LogP contribution in [0.5, 0.6) is 5.75 Å². The number of Topliss-reactive ketones (excluding diaryl/α,β-unsaturated/α-hetero) is 2. The van der Waals surface area contributed by atoms with Crippen molar-refractivity contribution >= 4 is 11.6 Å². The van der Waals surface area contributed by atoms with E-state index in [0.717, 1.165) is 6.42 Å². The zero-order chi connectivity index (χ0) is 14.7. The van der Waals surface area contributed by atoms with Crippen molar-refractivity contribution in [3.05, 3.63) is 29.8 Å². The highest BCUT2D eigenvalue weighted by molar-refractivity contribution is 6.01. The topological polar surface area (TPSA) is 43.4 Å². The fourth-order valence-corrected chi connectivity index (χ4v) is 2.75. The first-order valence-corrected chi connectivity index (χ1v) is 7.34. The highest BCUT2D eigenvalue weighted by atomic mass is 16.5. The van der Waals surface area contributed by atoms with Gasteiger partial charge in [-0.3, -0.25) is 4.79 Å². The number of carbonyl (C=O) groups excluding carboxylic acids is 2. The molecule has 3 unspecified atom stereocenters. The molecule has 0 N–H and O–H groups in total. The van der Waals surface area contributed by atoms with Crippen molar-refractivity contribution in [3.63, 3.8) is 0 Å². The summed E-state index contributed by atoms with van der Waals surface area (Å²) in [6.07, 6.45) is 1.85. The van der Waals surface area contributed by atoms with E-state index < -0.39 is 0 Å². The summed E-state index contributed by atoms with van der Waals surface area (Å²) in [5.74, 6) is 1.02. The summed E-state index contributed by atoms with van der Waals surface area (Å²) in [5.41, 5.74) is 0.653. The molecule has 0 aliphatic carbocycles. The predicted molar refractivity (Wildman–Crippen MR) is 78.0 cm³/mol. The molecule has 2 rings (SSSR count). The van der Waals surface area contributed by atoms with E-state index in [4.69, 9.17) is 4.74 Å². The lowest BCUT2D eigenvalue weighted by molar-refractivity contribution is -0.117. The lowest BCUT2D eigenvalue weighted by Gasteiger charge is -2.35. The van der Waals surface area contributed by atoms with E-state index in [0.29, 0.717) is 30.1 Å². The lowest BCUT2D eigenvalue weighted by atomic mass is 9.80. The SMILES string of the molecule is CCC(C)C1Oc2ccccc2C(=O)C1CCC(C)=O. The van der Waals surface area contributed by atoms with Crippen LogP contribution in [-0.4, -0.2) is 17.7 Å². The molecule has 3 atom stereocenters. The molecule has 1 aromatic carbocycles. The van der Waals surface area contributed by atoms with Gasteiger partial charge in [-0.1, -0.05) is 32.4 Å². The van der Waals surface area contributed by atoms with E-state index in [-0.39, 0.29) is 23.6 Å². The lowest BCUT2D eigenvalue weighted by Crippen LogP contribution is -2.42. The smallest absolute Gasteiger partial charge is 0.173 e. The molecule has 0 radical (unpaired) electrons. The molecular formula is C17H22O3. The summed E-state index contributed by atoms with van der Waals surface area (Å²) in [4.78, 5) is 23.9. The quantitative estimate of drug-likeness (QED) is 0.823. The third-order valence-corrected chi connectivity index (χ3v) is 4.16. The number of hydrogen-bond donors (Lipinski definition) is 0. The van der Waals surface area contributed by atoms with Gasteiger partial charge in [0.15, 0.2) is 5.78 Å². The third-order valence-electron chi connectivity index (χ3n) is 4.16. The second-order valence-corrected chi connectivity index (χ2v) is 5.68. The van der Waals surface area contributed by atoms with Gasteiger partial charge in [0.05, 0.1) is 11.5 Å². The van der Waals surface area contributed by atoms with E-state index in [1.807, 2.05) is 24.3 Å². The standard InChI is InChI=1S/C17H22O3/c1-4-11(2)17-14(10-9-12(3)18)16(19)13-7-5-6-8-15(13)20-17/h5-8,11,14,17H,4,9-10H2,1-3H3. The van der Waals surface area contributed by atoms with Gasteiger partial charge in [0.2, 0.25) is 0 Å². The van der Waals surface area contributed by atoms with Crippen LogP contribution in [0.2, 0.25) is 0 Å². The largest absolute Gasteiger partial charge is 0.489 e. The molecule has 1 aliphatic heterocycles. The summed E-state index contributed by atoms with van der Waals surface area (Å²) in [6, 6.07) is 7.40. The van der Waals surface area contributed by atoms with E-state index in [1.165, 1.54) is 0 Å². The zero-order valence-corrected chi connectivity index (χ0v) is 12.4. The van der Waals surface area contributed by atoms with Crippen molar-refractivity contribution in [2.45, 2.75) is 46.1 Å². The number of fused-ring (bicyclic) bond motifs is 1. The Morgan fingerprint density at radius 2 is 2.05 bits per heavy atom. The van der Waals surface area contributed by atoms with Gasteiger partial charge < -0.3 is 9.53 Å². The Kier molecular flexibility index (Phi) is 4.58. The van der Waals surface area contributed by atoms with Gasteiger partial charge in [0.25, 0.3) is 0 Å². The minimum atomic E-state index is -0.205. The van der Waals surface area contributed by atoms with Crippen LogP contribution in [0.25, 0.3) is 0 Å². The van der Waals surface area contributed by atoms with Gasteiger partial charge in [-0.05, 0) is 31.4 Å². The molecule has 0 amide bonds. The Balaban J connectivity index is 2.30. The molecule has 0 bridgehead atoms. The third kappa shape index (κ3) is 2.92. The minimum absolute atomic E-state index is 0.123. The average Bonchev–Trinajstić information content (AvgIpc) is 2.45. The Bertz CT molecular complexity index is 507. The summed E-state index contributed by atoms with van der Waals surface area (Å²) >= 11 is 0. The van der Waals surface area contributed by atoms with Crippen molar-refractivity contribution in [3.8, 4) is 5.75 Å². The number of benzene rings is 1. The molecule has 1 heterocycles. The normalized spacial score (nSPS) is 22.9. The van der Waals surface area contributed by atoms with Crippen LogP contribution >= 0.6 is 0 Å². The van der Waals surface area contributed by atoms with Gasteiger partial charge >= 0.3 is 0 Å². The number of ketones is 2. The average molecular weight is 274 g/mol. The maximum atomic E-state index is 12.7. The maximum Gasteiger partial charge on any atom is 0.173 e. The van der Waals surface area contributed by atoms with Gasteiger partial charge in [-0.25, -0.2) is 0 Å². The fraction of sp³-hybridized carbons (Fsp3) is 0.529. The molecule has 1 aromatic rings. The van der Waals surface area contributed by atoms with Crippen LogP contribution in [0.3, 0.4) is 0 Å². The number of rotatable bonds is 5. The maximum absolute atomic E-state index is 12.7. The van der Waals surface area contributed by atoms with Crippen molar-refractivity contribution < 1.29 is 14.3 Å². The second-order valence-electron chi connectivity index (χ2n) is 5.68. The molecule has 0 fully saturated rings. The first kappa shape index (κ1) is 14.8. The van der Waals surface area contributed by atoms with Crippen molar-refractivity contribution in [2.75, 3.05) is 0 Å². The van der Waals surface area contributed by atoms with Crippen LogP contribution in [-0.2, 0) is 4.79 Å². The highest BCUT2D eigenvalue weighted by Crippen LogP contribution is 2.36. The molecule has 1 aliphatic rings. The zero-order valence-electron chi connectivity index (χ0n) is 12.4. The van der Waals surface area contributed by atoms with Gasteiger partial charge in [-0.2, -0.15) is 0 Å². The summed E-state index contributed by atoms with van der Waals surface area (Å²) in [6.45, 7) is 5.77. The molecule has 0 saturated heterocycles. The van der Waals surface area contributed by atoms with Gasteiger partial charge in [0.1, 0.15) is 17.6 Å². The predicted octanol–water partition coefficient (Wildman–Crippen LogP) is 3.66. The molecule has 0 spiro atoms. The van der Waals surface area contributed by atoms with Crippen molar-refractivity contribution in [2.24, 2.45) is 11.8 Å². The first-order chi connectivity index (χ1) is 9.54. The second kappa shape index (κ2) is 6.21. The fourth-order valence-electron chi connectivity index (χ4n) is 2.75. The van der Waals surface area contributed by atoms with Crippen LogP contribution in [0, 0.1) is 11.8 Å². The Morgan fingerprint density at radius 1 is 1.35 bits per heavy atom. The number of ether oxygens (including phenoxy) is 1. The molecule has 3 nitrogen and oxygen atoms in total. The van der Waals surface area contributed by atoms with Crippen LogP contribution < -0.4 is 4.74 Å². The van der Waals surface area contributed by atoms with E-state index in [9.17, 15) is 9.59 Å². The van der Waals surface area contributed by atoms with Crippen LogP contribution in [0.4, 0.5) is 0 Å². The van der Waals surface area contributed by atoms with Crippen LogP contribution in [0.15, 0.2) is 24.3 Å². The highest BCUT2D eigenvalue weighted by Gasteiger charge is 2.39. The monoisotopic (exact) mass is 274 g/mol. The molecule has 3 heteroatoms. The molecule has 0 saturated carbocycles. The molecular weight excluding hydrogens is 252 g/mol. The van der Waals surface area contributed by atoms with Crippen molar-refractivity contribution in [1.82, 2.24) is 0 Å². The number of para-hydroxylation sites is 1. The van der Waals surface area contributed by atoms with Gasteiger partial charge in [-0.15, -0.1) is 0 Å². The van der Waals surface area contributed by atoms with Crippen molar-refractivity contribution in [1.29, 1.82) is 0 Å². The molecule has 20 heavy (non-hydrogen) atoms. The first-order valence-electron chi connectivity index (χ1n) is 7.34. The van der Waals surface area contributed by atoms with Crippen LogP contribution in [0.1, 0.15) is 50.4 Å². The molecule has 108 valence electrons. The number of hydrogen-bond acceptors (Lipinski definition) is 3. The van der Waals surface area contributed by atoms with E-state index in [2.05, 4.69) is 13.8 Å². The Morgan fingerprint density at radius 3 is 2.70 bits per heavy atom. The molecule has 0 aromatic heterocycles. The number of carbonyl (C=O) groups is 2. The summed E-state index contributed by atoms with van der Waals surface area (Å²) < 4.78 is 6.07. The summed E-state index contributed by atoms with van der Waals surface area (Å²) in [5, 5.41) is 0. The van der Waals surface area contributed by atoms with E-state index in [1.54, 1.807) is 6.92 Å². The Hall–Kier alpha value is -1.64. The van der Waals surface area contributed by atoms with Gasteiger partial charge in [0, 0.05) is 6.42 Å². The minimum Gasteiger partial charge on any atom is -0.489 e.